The summed E-state index contributed by atoms with van der Waals surface area (Å²) in [6, 6.07) is 13.6. The Morgan fingerprint density at radius 3 is 2.46 bits per heavy atom. The summed E-state index contributed by atoms with van der Waals surface area (Å²) in [6.45, 7) is 5.88. The lowest BCUT2D eigenvalue weighted by Crippen LogP contribution is -2.15. The monoisotopic (exact) mass is 386 g/mol. The van der Waals surface area contributed by atoms with Gasteiger partial charge in [-0.05, 0) is 50.6 Å². The van der Waals surface area contributed by atoms with Gasteiger partial charge in [0.15, 0.2) is 5.16 Å². The molecule has 1 aromatic heterocycles. The quantitative estimate of drug-likeness (QED) is 0.652. The first-order chi connectivity index (χ1) is 12.4. The topological polar surface area (TPSA) is 59.8 Å². The SMILES string of the molecule is Cc1ccc(-n2c(C)nnc2SCC(=O)Nc2ccc(C)cc2Cl)cc1. The normalized spacial score (nSPS) is 10.8. The smallest absolute Gasteiger partial charge is 0.234 e. The molecule has 0 saturated heterocycles. The van der Waals surface area contributed by atoms with E-state index in [1.54, 1.807) is 6.07 Å². The zero-order valence-corrected chi connectivity index (χ0v) is 16.4. The summed E-state index contributed by atoms with van der Waals surface area (Å²) in [5, 5.41) is 12.4. The molecule has 7 heteroatoms. The van der Waals surface area contributed by atoms with E-state index < -0.39 is 0 Å². The van der Waals surface area contributed by atoms with Crippen LogP contribution in [0.4, 0.5) is 5.69 Å². The van der Waals surface area contributed by atoms with Crippen molar-refractivity contribution in [3.05, 3.63) is 64.4 Å². The third-order valence-corrected chi connectivity index (χ3v) is 5.06. The van der Waals surface area contributed by atoms with Crippen molar-refractivity contribution >= 4 is 35.0 Å². The molecule has 0 radical (unpaired) electrons. The molecule has 1 amide bonds. The minimum Gasteiger partial charge on any atom is -0.324 e. The average Bonchev–Trinajstić information content (AvgIpc) is 2.97. The number of anilines is 1. The summed E-state index contributed by atoms with van der Waals surface area (Å²) < 4.78 is 1.94. The van der Waals surface area contributed by atoms with Gasteiger partial charge in [-0.3, -0.25) is 9.36 Å². The maximum atomic E-state index is 12.3. The van der Waals surface area contributed by atoms with Crippen LogP contribution in [0.3, 0.4) is 0 Å². The first-order valence-corrected chi connectivity index (χ1v) is 9.48. The lowest BCUT2D eigenvalue weighted by Gasteiger charge is -2.10. The highest BCUT2D eigenvalue weighted by Gasteiger charge is 2.14. The molecule has 0 aliphatic rings. The van der Waals surface area contributed by atoms with E-state index in [1.165, 1.54) is 17.3 Å². The number of nitrogens with one attached hydrogen (secondary N) is 1. The Kier molecular flexibility index (Phi) is 5.64. The summed E-state index contributed by atoms with van der Waals surface area (Å²) in [5.74, 6) is 0.851. The van der Waals surface area contributed by atoms with E-state index in [0.29, 0.717) is 15.9 Å². The summed E-state index contributed by atoms with van der Waals surface area (Å²) >= 11 is 7.50. The minimum absolute atomic E-state index is 0.142. The lowest BCUT2D eigenvalue weighted by atomic mass is 10.2. The summed E-state index contributed by atoms with van der Waals surface area (Å²) in [6.07, 6.45) is 0. The van der Waals surface area contributed by atoms with Gasteiger partial charge in [-0.2, -0.15) is 0 Å². The number of halogens is 1. The van der Waals surface area contributed by atoms with Crippen LogP contribution in [0.15, 0.2) is 47.6 Å². The second-order valence-electron chi connectivity index (χ2n) is 6.02. The second kappa shape index (κ2) is 7.93. The van der Waals surface area contributed by atoms with Crippen molar-refractivity contribution in [3.63, 3.8) is 0 Å². The van der Waals surface area contributed by atoms with Gasteiger partial charge in [-0.25, -0.2) is 0 Å². The first kappa shape index (κ1) is 18.5. The number of hydrogen-bond acceptors (Lipinski definition) is 4. The van der Waals surface area contributed by atoms with E-state index in [9.17, 15) is 4.79 Å². The van der Waals surface area contributed by atoms with Crippen LogP contribution in [0.25, 0.3) is 5.69 Å². The third kappa shape index (κ3) is 4.26. The van der Waals surface area contributed by atoms with Gasteiger partial charge in [0, 0.05) is 5.69 Å². The van der Waals surface area contributed by atoms with Gasteiger partial charge in [-0.15, -0.1) is 10.2 Å². The van der Waals surface area contributed by atoms with Gasteiger partial charge in [0.25, 0.3) is 0 Å². The fourth-order valence-corrected chi connectivity index (χ4v) is 3.55. The molecule has 3 aromatic rings. The Hall–Kier alpha value is -2.31. The van der Waals surface area contributed by atoms with Crippen molar-refractivity contribution < 1.29 is 4.79 Å². The highest BCUT2D eigenvalue weighted by molar-refractivity contribution is 7.99. The fraction of sp³-hybridized carbons (Fsp3) is 0.211. The maximum Gasteiger partial charge on any atom is 0.234 e. The Labute approximate surface area is 161 Å². The number of carbonyl (C=O) groups excluding carboxylic acids is 1. The number of thioether (sulfide) groups is 1. The molecule has 0 aliphatic carbocycles. The van der Waals surface area contributed by atoms with E-state index in [1.807, 2.05) is 61.7 Å². The number of carbonyl (C=O) groups is 1. The molecule has 0 saturated carbocycles. The van der Waals surface area contributed by atoms with Gasteiger partial charge in [-0.1, -0.05) is 47.1 Å². The first-order valence-electron chi connectivity index (χ1n) is 8.12. The van der Waals surface area contributed by atoms with Crippen LogP contribution in [-0.4, -0.2) is 26.4 Å². The minimum atomic E-state index is -0.142. The molecule has 5 nitrogen and oxygen atoms in total. The van der Waals surface area contributed by atoms with Gasteiger partial charge in [0.1, 0.15) is 5.82 Å². The van der Waals surface area contributed by atoms with Gasteiger partial charge < -0.3 is 5.32 Å². The molecule has 1 heterocycles. The summed E-state index contributed by atoms with van der Waals surface area (Å²) in [7, 11) is 0. The van der Waals surface area contributed by atoms with Crippen molar-refractivity contribution in [1.29, 1.82) is 0 Å². The summed E-state index contributed by atoms with van der Waals surface area (Å²) in [4.78, 5) is 12.3. The molecule has 0 atom stereocenters. The molecule has 0 fully saturated rings. The predicted octanol–water partition coefficient (Wildman–Crippen LogP) is 4.58. The van der Waals surface area contributed by atoms with Crippen molar-refractivity contribution in [1.82, 2.24) is 14.8 Å². The molecule has 2 aromatic carbocycles. The lowest BCUT2D eigenvalue weighted by molar-refractivity contribution is -0.113. The third-order valence-electron chi connectivity index (χ3n) is 3.82. The predicted molar refractivity (Wildman–Crippen MR) is 106 cm³/mol. The van der Waals surface area contributed by atoms with Crippen LogP contribution in [0, 0.1) is 20.8 Å². The number of aromatic nitrogens is 3. The van der Waals surface area contributed by atoms with E-state index >= 15 is 0 Å². The second-order valence-corrected chi connectivity index (χ2v) is 7.37. The van der Waals surface area contributed by atoms with E-state index in [2.05, 4.69) is 15.5 Å². The maximum absolute atomic E-state index is 12.3. The zero-order chi connectivity index (χ0) is 18.7. The Bertz CT molecular complexity index is 937. The molecule has 0 unspecified atom stereocenters. The largest absolute Gasteiger partial charge is 0.324 e. The van der Waals surface area contributed by atoms with Crippen molar-refractivity contribution in [2.75, 3.05) is 11.1 Å². The zero-order valence-electron chi connectivity index (χ0n) is 14.8. The highest BCUT2D eigenvalue weighted by Crippen LogP contribution is 2.25. The number of rotatable bonds is 5. The molecule has 1 N–H and O–H groups in total. The Morgan fingerprint density at radius 2 is 1.77 bits per heavy atom. The molecule has 26 heavy (non-hydrogen) atoms. The fourth-order valence-electron chi connectivity index (χ4n) is 2.47. The van der Waals surface area contributed by atoms with Gasteiger partial charge >= 0.3 is 0 Å². The van der Waals surface area contributed by atoms with Crippen LogP contribution < -0.4 is 5.32 Å². The van der Waals surface area contributed by atoms with E-state index in [4.69, 9.17) is 11.6 Å². The molecule has 3 rings (SSSR count). The number of hydrogen-bond donors (Lipinski definition) is 1. The number of benzene rings is 2. The number of nitrogens with zero attached hydrogens (tertiary/aromatic N) is 3. The van der Waals surface area contributed by atoms with Crippen LogP contribution in [0.2, 0.25) is 5.02 Å². The number of aryl methyl sites for hydroxylation is 3. The molecule has 0 aliphatic heterocycles. The van der Waals surface area contributed by atoms with Crippen molar-refractivity contribution in [3.8, 4) is 5.69 Å². The molecule has 134 valence electrons. The van der Waals surface area contributed by atoms with Gasteiger partial charge in [0.05, 0.1) is 16.5 Å². The van der Waals surface area contributed by atoms with E-state index in [0.717, 1.165) is 17.1 Å². The van der Waals surface area contributed by atoms with Crippen LogP contribution in [0.1, 0.15) is 17.0 Å². The average molecular weight is 387 g/mol. The molecular formula is C19H19ClN4OS. The molecule has 0 bridgehead atoms. The van der Waals surface area contributed by atoms with Crippen molar-refractivity contribution in [2.24, 2.45) is 0 Å². The highest BCUT2D eigenvalue weighted by atomic mass is 35.5. The van der Waals surface area contributed by atoms with Crippen LogP contribution >= 0.6 is 23.4 Å². The Balaban J connectivity index is 1.70. The van der Waals surface area contributed by atoms with E-state index in [-0.39, 0.29) is 11.7 Å². The van der Waals surface area contributed by atoms with Crippen LogP contribution in [0.5, 0.6) is 0 Å². The van der Waals surface area contributed by atoms with Crippen LogP contribution in [-0.2, 0) is 4.79 Å². The Morgan fingerprint density at radius 1 is 1.08 bits per heavy atom. The van der Waals surface area contributed by atoms with Crippen molar-refractivity contribution in [2.45, 2.75) is 25.9 Å². The standard InChI is InChI=1S/C19H19ClN4OS/c1-12-4-7-15(8-5-12)24-14(3)22-23-19(24)26-11-18(25)21-17-9-6-13(2)10-16(17)20/h4-10H,11H2,1-3H3,(H,21,25). The summed E-state index contributed by atoms with van der Waals surface area (Å²) in [5.41, 5.74) is 3.81. The number of amides is 1. The van der Waals surface area contributed by atoms with Gasteiger partial charge in [0.2, 0.25) is 5.91 Å². The molecule has 0 spiro atoms. The molecular weight excluding hydrogens is 368 g/mol.